The molecule has 7 nitrogen and oxygen atoms in total. The minimum atomic E-state index is -2.19. The second kappa shape index (κ2) is 8.04. The molecule has 1 heterocycles. The van der Waals surface area contributed by atoms with Gasteiger partial charge in [-0.3, -0.25) is 14.7 Å². The number of nitrogens with two attached hydrogens (primary N) is 1. The minimum Gasteiger partial charge on any atom is -0.382 e. The van der Waals surface area contributed by atoms with Gasteiger partial charge in [0.05, 0.1) is 6.10 Å². The molecule has 9 heteroatoms. The van der Waals surface area contributed by atoms with Gasteiger partial charge < -0.3 is 10.5 Å². The molecule has 1 aliphatic heterocycles. The van der Waals surface area contributed by atoms with E-state index in [1.54, 1.807) is 0 Å². The lowest BCUT2D eigenvalue weighted by Gasteiger charge is -2.21. The van der Waals surface area contributed by atoms with Crippen LogP contribution in [0.5, 0.6) is 0 Å². The Labute approximate surface area is 117 Å². The summed E-state index contributed by atoms with van der Waals surface area (Å²) in [6.07, 6.45) is 2.33. The Balaban J connectivity index is 2.60. The second-order valence-corrected chi connectivity index (χ2v) is 5.44. The summed E-state index contributed by atoms with van der Waals surface area (Å²) in [5.41, 5.74) is 5.29. The van der Waals surface area contributed by atoms with Crippen molar-refractivity contribution >= 4 is 20.3 Å². The van der Waals surface area contributed by atoms with E-state index < -0.39 is 20.1 Å². The normalized spacial score (nSPS) is 24.6. The highest BCUT2D eigenvalue weighted by atomic mass is 31.1. The Kier molecular flexibility index (Phi) is 6.70. The smallest absolute Gasteiger partial charge is 0.382 e. The first-order chi connectivity index (χ1) is 9.47. The van der Waals surface area contributed by atoms with Gasteiger partial charge in [0.1, 0.15) is 6.23 Å². The van der Waals surface area contributed by atoms with Crippen LogP contribution < -0.4 is 5.73 Å². The summed E-state index contributed by atoms with van der Waals surface area (Å²) in [7, 11) is -0.853. The van der Waals surface area contributed by atoms with Crippen LogP contribution in [0, 0.1) is 0 Å². The molecule has 112 valence electrons. The highest BCUT2D eigenvalue weighted by molar-refractivity contribution is 7.37. The zero-order chi connectivity index (χ0) is 15.1. The van der Waals surface area contributed by atoms with Gasteiger partial charge in [0.25, 0.3) is 0 Å². The molecule has 20 heavy (non-hydrogen) atoms. The molecule has 0 aromatic rings. The van der Waals surface area contributed by atoms with Crippen LogP contribution in [0.3, 0.4) is 0 Å². The molecule has 3 atom stereocenters. The fraction of sp³-hybridized carbons (Fsp3) is 0.636. The molecule has 0 spiro atoms. The number of amides is 1. The molecule has 1 fully saturated rings. The number of rotatable bonds is 7. The molecule has 0 bridgehead atoms. The Morgan fingerprint density at radius 1 is 1.65 bits per heavy atom. The lowest BCUT2D eigenvalue weighted by Crippen LogP contribution is -2.31. The molecule has 1 aliphatic rings. The van der Waals surface area contributed by atoms with Gasteiger partial charge in [0.15, 0.2) is 17.8 Å². The molecule has 1 saturated heterocycles. The Morgan fingerprint density at radius 3 is 2.90 bits per heavy atom. The van der Waals surface area contributed by atoms with Gasteiger partial charge in [-0.05, 0) is 17.4 Å². The van der Waals surface area contributed by atoms with Crippen molar-refractivity contribution in [1.29, 1.82) is 0 Å². The number of nitrogens with zero attached hydrogens (tertiary/aromatic N) is 2. The van der Waals surface area contributed by atoms with Crippen molar-refractivity contribution in [3.63, 3.8) is 0 Å². The van der Waals surface area contributed by atoms with Crippen LogP contribution in [-0.2, 0) is 14.1 Å². The summed E-state index contributed by atoms with van der Waals surface area (Å²) in [5, 5.41) is 0. The zero-order valence-corrected chi connectivity index (χ0v) is 12.0. The first kappa shape index (κ1) is 16.7. The second-order valence-electron chi connectivity index (χ2n) is 4.29. The SMILES string of the molecule is CN=C(N)/C(F)=C\N(C=O)[C@H]1CC[C@@H](CC[P+](=O)O)O1. The van der Waals surface area contributed by atoms with Crippen molar-refractivity contribution in [2.24, 2.45) is 10.7 Å². The van der Waals surface area contributed by atoms with Crippen molar-refractivity contribution in [1.82, 2.24) is 4.90 Å². The Morgan fingerprint density at radius 2 is 2.35 bits per heavy atom. The standard InChI is InChI=1S/C11H17FN3O4P/c1-14-11(13)9(12)6-15(7-16)10-3-2-8(19-10)4-5-20(17)18/h6-8,10H,2-5H2,1H3,(H2-,13,14,17,18)/p+1/b9-6+/t8-,10+/m0/s1. The van der Waals surface area contributed by atoms with Crippen LogP contribution in [0.25, 0.3) is 0 Å². The third kappa shape index (κ3) is 4.96. The average molecular weight is 306 g/mol. The maximum Gasteiger partial charge on any atom is 0.505 e. The third-order valence-electron chi connectivity index (χ3n) is 2.93. The molecular weight excluding hydrogens is 288 g/mol. The average Bonchev–Trinajstić information content (AvgIpc) is 2.89. The number of carbonyl (C=O) groups is 1. The van der Waals surface area contributed by atoms with Gasteiger partial charge in [0, 0.05) is 19.7 Å². The number of halogens is 1. The molecule has 0 aromatic heterocycles. The largest absolute Gasteiger partial charge is 0.505 e. The fourth-order valence-corrected chi connectivity index (χ4v) is 2.37. The molecule has 1 amide bonds. The van der Waals surface area contributed by atoms with Crippen LogP contribution in [0.4, 0.5) is 4.39 Å². The van der Waals surface area contributed by atoms with E-state index in [0.29, 0.717) is 25.7 Å². The van der Waals surface area contributed by atoms with Gasteiger partial charge in [-0.1, -0.05) is 0 Å². The fourth-order valence-electron chi connectivity index (χ4n) is 1.86. The summed E-state index contributed by atoms with van der Waals surface area (Å²) >= 11 is 0. The predicted octanol–water partition coefficient (Wildman–Crippen LogP) is 0.873. The molecular formula is C11H18FN3O4P+. The van der Waals surface area contributed by atoms with E-state index in [1.165, 1.54) is 7.05 Å². The topological polar surface area (TPSA) is 105 Å². The quantitative estimate of drug-likeness (QED) is 0.314. The number of ether oxygens (including phenoxy) is 1. The lowest BCUT2D eigenvalue weighted by molar-refractivity contribution is -0.126. The lowest BCUT2D eigenvalue weighted by atomic mass is 10.2. The van der Waals surface area contributed by atoms with E-state index in [9.17, 15) is 13.8 Å². The number of hydrogen-bond donors (Lipinski definition) is 2. The minimum absolute atomic E-state index is 0.146. The molecule has 0 aliphatic carbocycles. The maximum absolute atomic E-state index is 13.5. The monoisotopic (exact) mass is 306 g/mol. The summed E-state index contributed by atoms with van der Waals surface area (Å²) in [5.74, 6) is -1.12. The molecule has 0 radical (unpaired) electrons. The number of aliphatic imine (C=N–C) groups is 1. The van der Waals surface area contributed by atoms with Crippen LogP contribution in [0.1, 0.15) is 19.3 Å². The Hall–Kier alpha value is -1.37. The van der Waals surface area contributed by atoms with Crippen molar-refractivity contribution in [3.05, 3.63) is 12.0 Å². The van der Waals surface area contributed by atoms with Gasteiger partial charge in [0.2, 0.25) is 6.41 Å². The third-order valence-corrected chi connectivity index (χ3v) is 3.57. The van der Waals surface area contributed by atoms with Crippen LogP contribution in [0.15, 0.2) is 17.0 Å². The first-order valence-corrected chi connectivity index (χ1v) is 7.49. The highest BCUT2D eigenvalue weighted by Crippen LogP contribution is 2.27. The summed E-state index contributed by atoms with van der Waals surface area (Å²) in [4.78, 5) is 24.2. The van der Waals surface area contributed by atoms with Crippen LogP contribution in [0.2, 0.25) is 0 Å². The van der Waals surface area contributed by atoms with E-state index in [4.69, 9.17) is 15.4 Å². The molecule has 3 N–H and O–H groups in total. The van der Waals surface area contributed by atoms with E-state index in [2.05, 4.69) is 4.99 Å². The van der Waals surface area contributed by atoms with E-state index in [1.807, 2.05) is 0 Å². The molecule has 0 saturated carbocycles. The molecule has 0 aromatic carbocycles. The van der Waals surface area contributed by atoms with Crippen molar-refractivity contribution in [2.75, 3.05) is 13.2 Å². The Bertz CT molecular complexity index is 430. The van der Waals surface area contributed by atoms with Gasteiger partial charge in [-0.25, -0.2) is 4.39 Å². The van der Waals surface area contributed by atoms with Gasteiger partial charge in [-0.2, -0.15) is 4.89 Å². The van der Waals surface area contributed by atoms with E-state index in [0.717, 1.165) is 11.1 Å². The maximum atomic E-state index is 13.5. The molecule has 1 unspecified atom stereocenters. The summed E-state index contributed by atoms with van der Waals surface area (Å²) in [6, 6.07) is 0. The summed E-state index contributed by atoms with van der Waals surface area (Å²) < 4.78 is 29.7. The van der Waals surface area contributed by atoms with E-state index in [-0.39, 0.29) is 18.1 Å². The van der Waals surface area contributed by atoms with Crippen molar-refractivity contribution < 1.29 is 23.4 Å². The van der Waals surface area contributed by atoms with Crippen LogP contribution >= 0.6 is 8.03 Å². The zero-order valence-electron chi connectivity index (χ0n) is 11.1. The van der Waals surface area contributed by atoms with Crippen molar-refractivity contribution in [3.8, 4) is 0 Å². The van der Waals surface area contributed by atoms with E-state index >= 15 is 0 Å². The van der Waals surface area contributed by atoms with Gasteiger partial charge >= 0.3 is 8.03 Å². The highest BCUT2D eigenvalue weighted by Gasteiger charge is 2.30. The van der Waals surface area contributed by atoms with Crippen molar-refractivity contribution in [2.45, 2.75) is 31.6 Å². The molecule has 1 rings (SSSR count). The first-order valence-electron chi connectivity index (χ1n) is 6.09. The van der Waals surface area contributed by atoms with Crippen LogP contribution in [-0.4, -0.2) is 47.6 Å². The number of amidine groups is 1. The number of carbonyl (C=O) groups excluding carboxylic acids is 1. The number of hydrogen-bond acceptors (Lipinski definition) is 4. The van der Waals surface area contributed by atoms with Gasteiger partial charge in [-0.15, -0.1) is 0 Å². The predicted molar refractivity (Wildman–Crippen MR) is 71.8 cm³/mol. The summed E-state index contributed by atoms with van der Waals surface area (Å²) in [6.45, 7) is 0.